The van der Waals surface area contributed by atoms with Crippen LogP contribution in [0.3, 0.4) is 0 Å². The molecule has 1 aliphatic rings. The second kappa shape index (κ2) is 12.2. The fraction of sp³-hybridized carbons (Fsp3) is 0.619. The third kappa shape index (κ3) is 10.1. The van der Waals surface area contributed by atoms with Gasteiger partial charge < -0.3 is 24.8 Å². The molecule has 1 rings (SSSR count). The molecule has 1 heterocycles. The highest BCUT2D eigenvalue weighted by molar-refractivity contribution is 5.68. The maximum absolute atomic E-state index is 12.1. The fourth-order valence-electron chi connectivity index (χ4n) is 2.63. The van der Waals surface area contributed by atoms with E-state index in [2.05, 4.69) is 11.9 Å². The molecule has 0 aromatic rings. The molecule has 0 aliphatic carbocycles. The Morgan fingerprint density at radius 2 is 2.11 bits per heavy atom. The number of likely N-dealkylation sites (tertiary alicyclic amines) is 1. The molecule has 2 N–H and O–H groups in total. The molecule has 1 amide bonds. The summed E-state index contributed by atoms with van der Waals surface area (Å²) in [6.45, 7) is 11.0. The van der Waals surface area contributed by atoms with Gasteiger partial charge in [-0.2, -0.15) is 5.26 Å². The molecule has 1 fully saturated rings. The van der Waals surface area contributed by atoms with Crippen molar-refractivity contribution in [3.05, 3.63) is 36.6 Å². The third-order valence-electron chi connectivity index (χ3n) is 4.02. The summed E-state index contributed by atoms with van der Waals surface area (Å²) in [5.41, 5.74) is -0.488. The highest BCUT2D eigenvalue weighted by Gasteiger charge is 2.26. The molecule has 0 bridgehead atoms. The summed E-state index contributed by atoms with van der Waals surface area (Å²) in [6, 6.07) is 2.26. The Hall–Kier alpha value is -2.30. The minimum atomic E-state index is -0.675. The van der Waals surface area contributed by atoms with Gasteiger partial charge in [-0.15, -0.1) is 0 Å². The third-order valence-corrected chi connectivity index (χ3v) is 4.02. The Kier molecular flexibility index (Phi) is 10.4. The highest BCUT2D eigenvalue weighted by atomic mass is 16.6. The molecule has 0 unspecified atom stereocenters. The van der Waals surface area contributed by atoms with Crippen molar-refractivity contribution in [3.8, 4) is 6.07 Å². The van der Waals surface area contributed by atoms with E-state index in [9.17, 15) is 9.90 Å². The summed E-state index contributed by atoms with van der Waals surface area (Å²) in [6.07, 6.45) is 7.60. The van der Waals surface area contributed by atoms with Crippen LogP contribution in [0.25, 0.3) is 0 Å². The predicted molar refractivity (Wildman–Crippen MR) is 108 cm³/mol. The number of piperidine rings is 1. The Labute approximate surface area is 168 Å². The van der Waals surface area contributed by atoms with E-state index in [1.807, 2.05) is 26.8 Å². The number of hydrogen-bond donors (Lipinski definition) is 2. The Morgan fingerprint density at radius 1 is 1.43 bits per heavy atom. The average Bonchev–Trinajstić information content (AvgIpc) is 2.64. The second-order valence-electron chi connectivity index (χ2n) is 7.68. The Balaban J connectivity index is 2.32. The number of nitrogens with one attached hydrogen (secondary N) is 1. The van der Waals surface area contributed by atoms with E-state index in [1.54, 1.807) is 29.2 Å². The standard InChI is InChI=1S/C21H33N3O4/c1-5-6-8-19(9-7-12-22)27-16-18(25)15-23-17-10-13-24(14-11-17)20(26)28-21(2,3)4/h5-6,8-9,17-18,23,25H,1,7,10-11,13-16H2,2-4H3/b8-6-,19-9+/t18-/m0/s1. The van der Waals surface area contributed by atoms with Crippen molar-refractivity contribution in [2.75, 3.05) is 26.2 Å². The van der Waals surface area contributed by atoms with Gasteiger partial charge in [0.15, 0.2) is 0 Å². The van der Waals surface area contributed by atoms with Crippen LogP contribution in [0.4, 0.5) is 4.79 Å². The normalized spacial score (nSPS) is 17.2. The second-order valence-corrected chi connectivity index (χ2v) is 7.68. The first kappa shape index (κ1) is 23.7. The zero-order valence-corrected chi connectivity index (χ0v) is 17.2. The van der Waals surface area contributed by atoms with Crippen LogP contribution in [0.1, 0.15) is 40.0 Å². The number of amides is 1. The SMILES string of the molecule is C=C/C=C\C(=C/CC#N)OC[C@@H](O)CNC1CCN(C(=O)OC(C)(C)C)CC1. The number of carbonyl (C=O) groups excluding carboxylic acids is 1. The van der Waals surface area contributed by atoms with Gasteiger partial charge in [0.25, 0.3) is 0 Å². The average molecular weight is 392 g/mol. The fourth-order valence-corrected chi connectivity index (χ4v) is 2.63. The first-order valence-corrected chi connectivity index (χ1v) is 9.63. The lowest BCUT2D eigenvalue weighted by Gasteiger charge is -2.34. The van der Waals surface area contributed by atoms with Crippen molar-refractivity contribution in [1.29, 1.82) is 5.26 Å². The van der Waals surface area contributed by atoms with Gasteiger partial charge in [-0.25, -0.2) is 4.79 Å². The van der Waals surface area contributed by atoms with Gasteiger partial charge in [0, 0.05) is 25.7 Å². The van der Waals surface area contributed by atoms with Gasteiger partial charge in [0.05, 0.1) is 12.5 Å². The number of nitriles is 1. The smallest absolute Gasteiger partial charge is 0.410 e. The lowest BCUT2D eigenvalue weighted by molar-refractivity contribution is 0.0190. The molecule has 156 valence electrons. The molecule has 0 radical (unpaired) electrons. The van der Waals surface area contributed by atoms with Crippen molar-refractivity contribution in [2.24, 2.45) is 0 Å². The van der Waals surface area contributed by atoms with Crippen molar-refractivity contribution < 1.29 is 19.4 Å². The molecule has 28 heavy (non-hydrogen) atoms. The van der Waals surface area contributed by atoms with Crippen molar-refractivity contribution in [1.82, 2.24) is 10.2 Å². The van der Waals surface area contributed by atoms with Gasteiger partial charge in [-0.05, 0) is 45.8 Å². The number of rotatable bonds is 9. The molecular formula is C21H33N3O4. The van der Waals surface area contributed by atoms with Crippen LogP contribution < -0.4 is 5.32 Å². The molecule has 7 heteroatoms. The zero-order valence-electron chi connectivity index (χ0n) is 17.2. The van der Waals surface area contributed by atoms with Crippen molar-refractivity contribution in [3.63, 3.8) is 0 Å². The van der Waals surface area contributed by atoms with E-state index < -0.39 is 11.7 Å². The quantitative estimate of drug-likeness (QED) is 0.464. The maximum Gasteiger partial charge on any atom is 0.410 e. The van der Waals surface area contributed by atoms with Gasteiger partial charge in [0.2, 0.25) is 0 Å². The summed E-state index contributed by atoms with van der Waals surface area (Å²) in [7, 11) is 0. The molecule has 1 atom stereocenters. The monoisotopic (exact) mass is 391 g/mol. The van der Waals surface area contributed by atoms with Gasteiger partial charge in [-0.3, -0.25) is 0 Å². The summed E-state index contributed by atoms with van der Waals surface area (Å²) in [5.74, 6) is 0.533. The van der Waals surface area contributed by atoms with Crippen LogP contribution in [0.2, 0.25) is 0 Å². The van der Waals surface area contributed by atoms with Crippen LogP contribution in [-0.2, 0) is 9.47 Å². The number of ether oxygens (including phenoxy) is 2. The number of aliphatic hydroxyl groups excluding tert-OH is 1. The first-order chi connectivity index (χ1) is 13.2. The van der Waals surface area contributed by atoms with E-state index in [-0.39, 0.29) is 25.2 Å². The van der Waals surface area contributed by atoms with Gasteiger partial charge in [0.1, 0.15) is 24.1 Å². The van der Waals surface area contributed by atoms with E-state index >= 15 is 0 Å². The molecule has 0 saturated carbocycles. The molecular weight excluding hydrogens is 358 g/mol. The summed E-state index contributed by atoms with van der Waals surface area (Å²) in [5, 5.41) is 22.1. The minimum Gasteiger partial charge on any atom is -0.491 e. The summed E-state index contributed by atoms with van der Waals surface area (Å²) in [4.78, 5) is 13.8. The number of nitrogens with zero attached hydrogens (tertiary/aromatic N) is 2. The largest absolute Gasteiger partial charge is 0.491 e. The van der Waals surface area contributed by atoms with E-state index in [0.29, 0.717) is 25.4 Å². The predicted octanol–water partition coefficient (Wildman–Crippen LogP) is 2.89. The van der Waals surface area contributed by atoms with Crippen LogP contribution in [0, 0.1) is 11.3 Å². The molecule has 0 spiro atoms. The number of hydrogen-bond acceptors (Lipinski definition) is 6. The highest BCUT2D eigenvalue weighted by Crippen LogP contribution is 2.15. The van der Waals surface area contributed by atoms with Crippen LogP contribution in [-0.4, -0.2) is 60.1 Å². The number of aliphatic hydroxyl groups is 1. The molecule has 1 aliphatic heterocycles. The first-order valence-electron chi connectivity index (χ1n) is 9.63. The van der Waals surface area contributed by atoms with E-state index in [4.69, 9.17) is 14.7 Å². The van der Waals surface area contributed by atoms with Crippen molar-refractivity contribution in [2.45, 2.75) is 57.8 Å². The van der Waals surface area contributed by atoms with Crippen LogP contribution in [0.5, 0.6) is 0 Å². The molecule has 7 nitrogen and oxygen atoms in total. The van der Waals surface area contributed by atoms with E-state index in [1.165, 1.54) is 0 Å². The number of allylic oxidation sites excluding steroid dienone is 4. The Bertz CT molecular complexity index is 594. The molecule has 0 aromatic carbocycles. The zero-order chi connectivity index (χ0) is 21.0. The summed E-state index contributed by atoms with van der Waals surface area (Å²) < 4.78 is 11.0. The van der Waals surface area contributed by atoms with E-state index in [0.717, 1.165) is 12.8 Å². The van der Waals surface area contributed by atoms with Gasteiger partial charge in [-0.1, -0.05) is 18.7 Å². The van der Waals surface area contributed by atoms with Crippen LogP contribution >= 0.6 is 0 Å². The topological polar surface area (TPSA) is 94.8 Å². The summed E-state index contributed by atoms with van der Waals surface area (Å²) >= 11 is 0. The number of carbonyl (C=O) groups is 1. The maximum atomic E-state index is 12.1. The lowest BCUT2D eigenvalue weighted by atomic mass is 10.1. The van der Waals surface area contributed by atoms with Gasteiger partial charge >= 0.3 is 6.09 Å². The van der Waals surface area contributed by atoms with Crippen LogP contribution in [0.15, 0.2) is 36.6 Å². The van der Waals surface area contributed by atoms with Crippen molar-refractivity contribution >= 4 is 6.09 Å². The lowest BCUT2D eigenvalue weighted by Crippen LogP contribution is -2.48. The Morgan fingerprint density at radius 3 is 2.68 bits per heavy atom. The minimum absolute atomic E-state index is 0.127. The molecule has 1 saturated heterocycles. The molecule has 0 aromatic heterocycles.